The van der Waals surface area contributed by atoms with Crippen LogP contribution in [0.4, 0.5) is 26.3 Å². The second kappa shape index (κ2) is 20.5. The van der Waals surface area contributed by atoms with Crippen LogP contribution in [0.25, 0.3) is 44.1 Å². The topological polar surface area (TPSA) is 214 Å². The van der Waals surface area contributed by atoms with E-state index < -0.39 is 24.3 Å². The first-order valence-corrected chi connectivity index (χ1v) is 21.4. The number of halogens is 6. The maximum atomic E-state index is 14.1. The number of hydrogen-bond donors (Lipinski definition) is 4. The van der Waals surface area contributed by atoms with Crippen LogP contribution in [0, 0.1) is 0 Å². The van der Waals surface area contributed by atoms with Gasteiger partial charge in [0.1, 0.15) is 0 Å². The van der Waals surface area contributed by atoms with E-state index in [0.29, 0.717) is 104 Å². The van der Waals surface area contributed by atoms with Gasteiger partial charge in [0.05, 0.1) is 42.1 Å². The van der Waals surface area contributed by atoms with Gasteiger partial charge in [-0.15, -0.1) is 0 Å². The average Bonchev–Trinajstić information content (AvgIpc) is 4.00. The molecule has 1 aliphatic heterocycles. The van der Waals surface area contributed by atoms with Gasteiger partial charge in [-0.25, -0.2) is 9.59 Å². The highest BCUT2D eigenvalue weighted by Crippen LogP contribution is 2.47. The molecule has 0 unspecified atom stereocenters. The SMILES string of the molecule is COc1cc2c3c(n(CCCNCCCNCCCn4c5c(c6ccccc6c4=O)C(=O)c4ccccc4-5)c(=O)c2cc1OC)-c1cc2c(cc1C3=O)OCO2.O=C(O)C(F)(F)F.O=C(O)C(F)(F)F. The lowest BCUT2D eigenvalue weighted by Crippen LogP contribution is -2.28. The molecule has 368 valence electrons. The number of aliphatic carboxylic acids is 2. The third-order valence-electron chi connectivity index (χ3n) is 11.5. The fourth-order valence-corrected chi connectivity index (χ4v) is 8.41. The number of carboxylic acids is 2. The van der Waals surface area contributed by atoms with E-state index in [2.05, 4.69) is 10.6 Å². The number of hydrogen-bond acceptors (Lipinski definition) is 12. The Balaban J connectivity index is 0.000000452. The summed E-state index contributed by atoms with van der Waals surface area (Å²) in [7, 11) is 3.04. The molecule has 0 atom stereocenters. The van der Waals surface area contributed by atoms with Crippen molar-refractivity contribution in [2.45, 2.75) is 44.7 Å². The molecule has 4 N–H and O–H groups in total. The van der Waals surface area contributed by atoms with Gasteiger partial charge in [0.25, 0.3) is 11.1 Å². The lowest BCUT2D eigenvalue weighted by molar-refractivity contribution is -0.193. The molecule has 0 radical (unpaired) electrons. The Hall–Kier alpha value is -7.72. The Labute approximate surface area is 391 Å². The highest BCUT2D eigenvalue weighted by molar-refractivity contribution is 6.28. The molecule has 0 spiro atoms. The highest BCUT2D eigenvalue weighted by atomic mass is 19.4. The zero-order valence-corrected chi connectivity index (χ0v) is 37.1. The Morgan fingerprint density at radius 3 is 1.51 bits per heavy atom. The summed E-state index contributed by atoms with van der Waals surface area (Å²) in [6.45, 7) is 3.92. The second-order valence-electron chi connectivity index (χ2n) is 15.8. The van der Waals surface area contributed by atoms with Crippen LogP contribution in [0.5, 0.6) is 23.0 Å². The summed E-state index contributed by atoms with van der Waals surface area (Å²) in [6.07, 6.45) is -7.90. The van der Waals surface area contributed by atoms with Crippen molar-refractivity contribution in [3.05, 3.63) is 116 Å². The summed E-state index contributed by atoms with van der Waals surface area (Å²) in [4.78, 5) is 73.0. The first-order valence-electron chi connectivity index (χ1n) is 21.4. The van der Waals surface area contributed by atoms with Crippen LogP contribution in [-0.4, -0.2) is 102 Å². The monoisotopic (exact) mass is 980 g/mol. The van der Waals surface area contributed by atoms with Crippen LogP contribution in [-0.2, 0) is 22.7 Å². The number of methoxy groups -OCH3 is 2. The molecule has 0 bridgehead atoms. The van der Waals surface area contributed by atoms with Crippen LogP contribution in [0.15, 0.2) is 82.4 Å². The number of fused-ring (bicyclic) bond motifs is 11. The number of nitrogens with one attached hydrogen (secondary N) is 2. The Morgan fingerprint density at radius 2 is 0.986 bits per heavy atom. The van der Waals surface area contributed by atoms with Crippen molar-refractivity contribution in [2.24, 2.45) is 0 Å². The molecule has 6 aromatic rings. The number of aromatic nitrogens is 2. The highest BCUT2D eigenvalue weighted by Gasteiger charge is 2.39. The lowest BCUT2D eigenvalue weighted by atomic mass is 10.0. The Kier molecular flexibility index (Phi) is 14.7. The number of benzene rings is 4. The van der Waals surface area contributed by atoms with Gasteiger partial charge < -0.3 is 48.9 Å². The van der Waals surface area contributed by atoms with Crippen LogP contribution in [0.2, 0.25) is 0 Å². The Morgan fingerprint density at radius 1 is 0.571 bits per heavy atom. The average molecular weight is 981 g/mol. The smallest absolute Gasteiger partial charge is 0.490 e. The summed E-state index contributed by atoms with van der Waals surface area (Å²) in [5, 5.41) is 23.4. The number of ketones is 2. The predicted octanol–water partition coefficient (Wildman–Crippen LogP) is 6.80. The van der Waals surface area contributed by atoms with Crippen molar-refractivity contribution in [1.29, 1.82) is 0 Å². The third-order valence-corrected chi connectivity index (χ3v) is 11.5. The van der Waals surface area contributed by atoms with Crippen LogP contribution in [0.1, 0.15) is 51.1 Å². The van der Waals surface area contributed by atoms with Gasteiger partial charge in [-0.3, -0.25) is 19.2 Å². The summed E-state index contributed by atoms with van der Waals surface area (Å²) < 4.78 is 89.2. The fourth-order valence-electron chi connectivity index (χ4n) is 8.41. The van der Waals surface area contributed by atoms with E-state index in [0.717, 1.165) is 43.7 Å². The van der Waals surface area contributed by atoms with Crippen molar-refractivity contribution < 1.29 is 74.7 Å². The van der Waals surface area contributed by atoms with Crippen molar-refractivity contribution >= 4 is 45.0 Å². The zero-order chi connectivity index (χ0) is 50.7. The number of pyridine rings is 2. The van der Waals surface area contributed by atoms with E-state index in [-0.39, 0.29) is 29.5 Å². The molecule has 0 saturated carbocycles. The van der Waals surface area contributed by atoms with Crippen molar-refractivity contribution in [2.75, 3.05) is 47.2 Å². The van der Waals surface area contributed by atoms with E-state index in [1.165, 1.54) is 14.2 Å². The summed E-state index contributed by atoms with van der Waals surface area (Å²) in [6, 6.07) is 21.7. The molecule has 22 heteroatoms. The quantitative estimate of drug-likeness (QED) is 0.0652. The van der Waals surface area contributed by atoms with Crippen molar-refractivity contribution in [1.82, 2.24) is 19.8 Å². The minimum absolute atomic E-state index is 0.0324. The van der Waals surface area contributed by atoms with Crippen LogP contribution >= 0.6 is 0 Å². The molecule has 0 fully saturated rings. The molecular weight excluding hydrogens is 939 g/mol. The molecule has 3 aliphatic rings. The molecule has 0 saturated heterocycles. The number of carboxylic acid groups (broad SMARTS) is 2. The zero-order valence-electron chi connectivity index (χ0n) is 37.1. The Bertz CT molecular complexity index is 3160. The molecular formula is C48H42F6N4O12. The van der Waals surface area contributed by atoms with Crippen LogP contribution in [0.3, 0.4) is 0 Å². The van der Waals surface area contributed by atoms with Gasteiger partial charge in [0.15, 0.2) is 34.6 Å². The summed E-state index contributed by atoms with van der Waals surface area (Å²) in [5.74, 6) is -3.83. The van der Waals surface area contributed by atoms with E-state index in [4.69, 9.17) is 38.7 Å². The number of carbonyl (C=O) groups is 4. The van der Waals surface area contributed by atoms with Crippen LogP contribution < -0.4 is 40.7 Å². The van der Waals surface area contributed by atoms with E-state index in [9.17, 15) is 45.5 Å². The van der Waals surface area contributed by atoms with Crippen molar-refractivity contribution in [3.8, 4) is 45.5 Å². The molecule has 4 aromatic carbocycles. The molecule has 2 aliphatic carbocycles. The largest absolute Gasteiger partial charge is 0.493 e. The normalized spacial score (nSPS) is 12.9. The molecule has 70 heavy (non-hydrogen) atoms. The first kappa shape index (κ1) is 50.2. The predicted molar refractivity (Wildman–Crippen MR) is 240 cm³/mol. The minimum atomic E-state index is -5.08. The maximum Gasteiger partial charge on any atom is 0.490 e. The molecule has 16 nitrogen and oxygen atoms in total. The second-order valence-corrected chi connectivity index (χ2v) is 15.8. The number of alkyl halides is 6. The molecule has 0 amide bonds. The summed E-state index contributed by atoms with van der Waals surface area (Å²) >= 11 is 0. The standard InChI is InChI=1S/C44H40N4O8.2C2HF3O2/c1-53-33-20-29-32(23-34(33)54-2)44(52)48(40-30-21-35-36(56-24-55-35)22-31(30)42(50)38(29)40)19-9-17-46-15-7-14-45-16-8-18-47-39-26-11-4-5-12-27(26)41(49)37(39)25-10-3-6-13-28(25)43(47)51;2*3-2(4,5)1(6)7/h3-6,10-13,20-23,45-46H,7-9,14-19,24H2,1-2H3;2*(H,6,7). The lowest BCUT2D eigenvalue weighted by Gasteiger charge is -2.17. The molecule has 3 heterocycles. The van der Waals surface area contributed by atoms with E-state index in [1.54, 1.807) is 39.5 Å². The third kappa shape index (κ3) is 9.90. The van der Waals surface area contributed by atoms with E-state index in [1.807, 2.05) is 42.5 Å². The van der Waals surface area contributed by atoms with Crippen molar-refractivity contribution in [3.63, 3.8) is 0 Å². The number of rotatable bonds is 14. The number of ether oxygens (including phenoxy) is 4. The molecule has 9 rings (SSSR count). The van der Waals surface area contributed by atoms with Gasteiger partial charge in [-0.05, 0) is 75.8 Å². The first-order chi connectivity index (χ1) is 33.3. The van der Waals surface area contributed by atoms with Gasteiger partial charge in [-0.1, -0.05) is 42.5 Å². The maximum absolute atomic E-state index is 14.1. The van der Waals surface area contributed by atoms with Gasteiger partial charge in [-0.2, -0.15) is 26.3 Å². The fraction of sp³-hybridized carbons (Fsp3) is 0.292. The molecule has 2 aromatic heterocycles. The number of carbonyl (C=O) groups excluding carboxylic acids is 2. The van der Waals surface area contributed by atoms with E-state index >= 15 is 0 Å². The summed E-state index contributed by atoms with van der Waals surface area (Å²) in [5.41, 5.74) is 4.64. The van der Waals surface area contributed by atoms with Gasteiger partial charge in [0, 0.05) is 51.5 Å². The van der Waals surface area contributed by atoms with Gasteiger partial charge >= 0.3 is 24.3 Å². The van der Waals surface area contributed by atoms with Gasteiger partial charge in [0.2, 0.25) is 6.79 Å². The number of nitrogens with zero attached hydrogens (tertiary/aromatic N) is 2. The minimum Gasteiger partial charge on any atom is -0.493 e.